The van der Waals surface area contributed by atoms with Crippen molar-refractivity contribution in [2.75, 3.05) is 59.2 Å². The monoisotopic (exact) mass is 689 g/mol. The molecule has 2 unspecified atom stereocenters. The number of pyridine rings is 1. The van der Waals surface area contributed by atoms with Crippen LogP contribution in [0.25, 0.3) is 0 Å². The van der Waals surface area contributed by atoms with Crippen molar-refractivity contribution in [1.29, 1.82) is 0 Å². The number of nitrogens with zero attached hydrogens (tertiary/aromatic N) is 3. The quantitative estimate of drug-likeness (QED) is 0.398. The molecule has 2 atom stereocenters. The second kappa shape index (κ2) is 18.2. The summed E-state index contributed by atoms with van der Waals surface area (Å²) in [6.45, 7) is 8.98. The van der Waals surface area contributed by atoms with Crippen molar-refractivity contribution < 1.29 is 83.4 Å². The van der Waals surface area contributed by atoms with Gasteiger partial charge in [0.1, 0.15) is 5.60 Å². The summed E-state index contributed by atoms with van der Waals surface area (Å²) >= 11 is 0. The van der Waals surface area contributed by atoms with Gasteiger partial charge in [-0.25, -0.2) is 14.4 Å². The third-order valence-electron chi connectivity index (χ3n) is 6.17. The van der Waals surface area contributed by atoms with E-state index in [2.05, 4.69) is 26.9 Å². The van der Waals surface area contributed by atoms with Gasteiger partial charge in [0.05, 0.1) is 38.2 Å². The molecular weight excluding hydrogens is 657 g/mol. The zero-order valence-corrected chi connectivity index (χ0v) is 23.9. The molecule has 3 saturated heterocycles. The van der Waals surface area contributed by atoms with Crippen molar-refractivity contribution in [3.8, 4) is 0 Å². The van der Waals surface area contributed by atoms with Gasteiger partial charge in [0.2, 0.25) is 0 Å². The molecule has 46 heavy (non-hydrogen) atoms. The summed E-state index contributed by atoms with van der Waals surface area (Å²) in [5, 5.41) is 21.4. The van der Waals surface area contributed by atoms with Crippen molar-refractivity contribution >= 4 is 17.9 Å². The summed E-state index contributed by atoms with van der Waals surface area (Å²) in [5.74, 6) is -8.27. The SMILES string of the molecule is O=C(O)C(F)(F)F.O=C(O)C(F)(F)F.O=C(O)C(F)(F)F.c1ccc(CN2CCOCC3(CCC(CN4CCOCC4)O3)C2)nc1. The number of carbonyl (C=O) groups is 3. The molecule has 3 N–H and O–H groups in total. The van der Waals surface area contributed by atoms with Crippen LogP contribution in [0.2, 0.25) is 0 Å². The average Bonchev–Trinajstić information content (AvgIpc) is 3.22. The molecule has 21 heteroatoms. The minimum Gasteiger partial charge on any atom is -0.475 e. The predicted octanol–water partition coefficient (Wildman–Crippen LogP) is 3.06. The number of hydrogen-bond acceptors (Lipinski definition) is 9. The molecule has 0 aliphatic carbocycles. The minimum atomic E-state index is -5.08. The second-order valence-corrected chi connectivity index (χ2v) is 9.87. The van der Waals surface area contributed by atoms with Gasteiger partial charge in [-0.05, 0) is 25.0 Å². The summed E-state index contributed by atoms with van der Waals surface area (Å²) in [4.78, 5) is 36.1. The third kappa shape index (κ3) is 16.3. The Morgan fingerprint density at radius 3 is 1.74 bits per heavy atom. The first-order chi connectivity index (χ1) is 21.1. The number of hydrogen-bond donors (Lipinski definition) is 3. The molecule has 0 radical (unpaired) electrons. The highest BCUT2D eigenvalue weighted by molar-refractivity contribution is 5.73. The number of rotatable bonds is 4. The van der Waals surface area contributed by atoms with E-state index in [-0.39, 0.29) is 5.60 Å². The largest absolute Gasteiger partial charge is 0.490 e. The molecular formula is C25H32F9N3O9. The van der Waals surface area contributed by atoms with Crippen LogP contribution in [0, 0.1) is 0 Å². The van der Waals surface area contributed by atoms with Crippen LogP contribution in [0.1, 0.15) is 18.5 Å². The topological polar surface area (TPSA) is 159 Å². The summed E-state index contributed by atoms with van der Waals surface area (Å²) in [5.41, 5.74) is 0.963. The fourth-order valence-corrected chi connectivity index (χ4v) is 4.16. The molecule has 3 aliphatic heterocycles. The Morgan fingerprint density at radius 1 is 0.804 bits per heavy atom. The second-order valence-electron chi connectivity index (χ2n) is 9.87. The first-order valence-corrected chi connectivity index (χ1v) is 13.2. The lowest BCUT2D eigenvalue weighted by Gasteiger charge is -2.33. The van der Waals surface area contributed by atoms with Crippen LogP contribution in [0.4, 0.5) is 39.5 Å². The molecule has 1 spiro atoms. The number of morpholine rings is 1. The molecule has 3 fully saturated rings. The lowest BCUT2D eigenvalue weighted by molar-refractivity contribution is -0.193. The highest BCUT2D eigenvalue weighted by atomic mass is 19.4. The summed E-state index contributed by atoms with van der Waals surface area (Å²) in [6, 6.07) is 6.11. The number of carboxylic acids is 3. The zero-order valence-electron chi connectivity index (χ0n) is 23.9. The van der Waals surface area contributed by atoms with Crippen molar-refractivity contribution in [2.45, 2.75) is 49.6 Å². The maximum Gasteiger partial charge on any atom is 0.490 e. The Bertz CT molecular complexity index is 1030. The molecule has 0 bridgehead atoms. The molecule has 4 heterocycles. The van der Waals surface area contributed by atoms with Crippen molar-refractivity contribution in [3.05, 3.63) is 30.1 Å². The molecule has 3 aliphatic rings. The molecule has 4 rings (SSSR count). The molecule has 1 aromatic rings. The van der Waals surface area contributed by atoms with Gasteiger partial charge in [-0.2, -0.15) is 39.5 Å². The summed E-state index contributed by atoms with van der Waals surface area (Å²) < 4.78 is 113. The number of alkyl halides is 9. The smallest absolute Gasteiger partial charge is 0.475 e. The molecule has 0 amide bonds. The Labute approximate surface area is 255 Å². The van der Waals surface area contributed by atoms with Gasteiger partial charge in [-0.15, -0.1) is 0 Å². The van der Waals surface area contributed by atoms with Gasteiger partial charge in [0, 0.05) is 45.5 Å². The van der Waals surface area contributed by atoms with Crippen molar-refractivity contribution in [2.24, 2.45) is 0 Å². The lowest BCUT2D eigenvalue weighted by Crippen LogP contribution is -2.46. The van der Waals surface area contributed by atoms with Gasteiger partial charge < -0.3 is 29.5 Å². The summed E-state index contributed by atoms with van der Waals surface area (Å²) in [6.07, 6.45) is -10.9. The van der Waals surface area contributed by atoms with E-state index in [0.717, 1.165) is 77.6 Å². The Hall–Kier alpha value is -3.27. The van der Waals surface area contributed by atoms with E-state index in [0.29, 0.717) is 12.7 Å². The molecule has 264 valence electrons. The molecule has 1 aromatic heterocycles. The van der Waals surface area contributed by atoms with Crippen LogP contribution in [-0.2, 0) is 35.1 Å². The van der Waals surface area contributed by atoms with E-state index in [1.807, 2.05) is 12.3 Å². The van der Waals surface area contributed by atoms with E-state index in [4.69, 9.17) is 43.9 Å². The van der Waals surface area contributed by atoms with Gasteiger partial charge in [0.15, 0.2) is 0 Å². The van der Waals surface area contributed by atoms with Crippen LogP contribution in [0.3, 0.4) is 0 Å². The Morgan fingerprint density at radius 2 is 1.28 bits per heavy atom. The number of aliphatic carboxylic acids is 3. The van der Waals surface area contributed by atoms with E-state index in [1.165, 1.54) is 0 Å². The molecule has 0 aromatic carbocycles. The first kappa shape index (κ1) is 40.8. The highest BCUT2D eigenvalue weighted by Crippen LogP contribution is 2.34. The van der Waals surface area contributed by atoms with E-state index in [9.17, 15) is 39.5 Å². The molecule has 12 nitrogen and oxygen atoms in total. The van der Waals surface area contributed by atoms with E-state index < -0.39 is 36.4 Å². The zero-order chi connectivity index (χ0) is 35.2. The fourth-order valence-electron chi connectivity index (χ4n) is 4.16. The maximum atomic E-state index is 10.6. The van der Waals surface area contributed by atoms with Gasteiger partial charge in [-0.3, -0.25) is 14.8 Å². The summed E-state index contributed by atoms with van der Waals surface area (Å²) in [7, 11) is 0. The first-order valence-electron chi connectivity index (χ1n) is 13.2. The fraction of sp³-hybridized carbons (Fsp3) is 0.680. The van der Waals surface area contributed by atoms with Crippen LogP contribution in [0.15, 0.2) is 24.4 Å². The van der Waals surface area contributed by atoms with E-state index >= 15 is 0 Å². The normalized spacial score (nSPS) is 22.6. The Balaban J connectivity index is 0.000000413. The van der Waals surface area contributed by atoms with Crippen LogP contribution in [0.5, 0.6) is 0 Å². The van der Waals surface area contributed by atoms with Gasteiger partial charge in [0.25, 0.3) is 0 Å². The predicted molar refractivity (Wildman–Crippen MR) is 136 cm³/mol. The maximum absolute atomic E-state index is 10.6. The number of carboxylic acid groups (broad SMARTS) is 3. The molecule has 0 saturated carbocycles. The number of ether oxygens (including phenoxy) is 3. The van der Waals surface area contributed by atoms with Gasteiger partial charge in [-0.1, -0.05) is 6.07 Å². The average molecular weight is 690 g/mol. The minimum absolute atomic E-state index is 0.151. The van der Waals surface area contributed by atoms with Crippen LogP contribution >= 0.6 is 0 Å². The highest BCUT2D eigenvalue weighted by Gasteiger charge is 2.44. The number of aromatic nitrogens is 1. The van der Waals surface area contributed by atoms with Crippen molar-refractivity contribution in [3.63, 3.8) is 0 Å². The van der Waals surface area contributed by atoms with Crippen LogP contribution < -0.4 is 0 Å². The lowest BCUT2D eigenvalue weighted by atomic mass is 10.00. The standard InChI is InChI=1S/C19H29N3O3.3C2HF3O2/c1-2-6-20-17(3-1)13-22-9-12-24-16-19(15-22)5-4-18(25-19)14-21-7-10-23-11-8-21;3*3-2(4,5)1(6)7/h1-3,6,18H,4-5,7-16H2;3*(H,6,7). The van der Waals surface area contributed by atoms with Crippen molar-refractivity contribution in [1.82, 2.24) is 14.8 Å². The van der Waals surface area contributed by atoms with Crippen LogP contribution in [-0.4, -0.2) is 137 Å². The number of halogens is 9. The van der Waals surface area contributed by atoms with Gasteiger partial charge >= 0.3 is 36.4 Å². The van der Waals surface area contributed by atoms with E-state index in [1.54, 1.807) is 0 Å². The Kier molecular flexibility index (Phi) is 16.1. The third-order valence-corrected chi connectivity index (χ3v) is 6.17.